The van der Waals surface area contributed by atoms with Crippen LogP contribution in [-0.2, 0) is 32.0 Å². The number of aromatic nitrogens is 2. The van der Waals surface area contributed by atoms with Gasteiger partial charge in [-0.2, -0.15) is 0 Å². The number of imidazole rings is 1. The number of benzene rings is 1. The van der Waals surface area contributed by atoms with Crippen LogP contribution in [0.15, 0.2) is 42.9 Å². The molecule has 1 aromatic carbocycles. The molecule has 2 aromatic rings. The van der Waals surface area contributed by atoms with Crippen molar-refractivity contribution in [3.05, 3.63) is 54.1 Å². The van der Waals surface area contributed by atoms with Crippen LogP contribution in [0.4, 0.5) is 0 Å². The molecule has 2 rings (SSSR count). The quantitative estimate of drug-likeness (QED) is 0.244. The minimum atomic E-state index is -1.18. The fourth-order valence-corrected chi connectivity index (χ4v) is 3.09. The Morgan fingerprint density at radius 2 is 1.76 bits per heavy atom. The first-order valence-electron chi connectivity index (χ1n) is 10.5. The van der Waals surface area contributed by atoms with Crippen LogP contribution in [0.1, 0.15) is 25.1 Å². The molecule has 0 fully saturated rings. The zero-order chi connectivity index (χ0) is 24.4. The van der Waals surface area contributed by atoms with Crippen molar-refractivity contribution >= 4 is 23.7 Å². The molecule has 0 radical (unpaired) electrons. The molecule has 178 valence electrons. The van der Waals surface area contributed by atoms with Gasteiger partial charge in [-0.25, -0.2) is 9.78 Å². The fourth-order valence-electron chi connectivity index (χ4n) is 3.09. The molecule has 0 saturated heterocycles. The van der Waals surface area contributed by atoms with E-state index in [-0.39, 0.29) is 18.8 Å². The number of hydrogen-bond donors (Lipinski definition) is 6. The Morgan fingerprint density at radius 1 is 1.06 bits per heavy atom. The highest BCUT2D eigenvalue weighted by atomic mass is 16.4. The second kappa shape index (κ2) is 12.3. The number of hydrogen-bond acceptors (Lipinski definition) is 6. The maximum absolute atomic E-state index is 12.6. The van der Waals surface area contributed by atoms with E-state index < -0.39 is 48.4 Å². The Labute approximate surface area is 191 Å². The molecule has 0 bridgehead atoms. The first-order chi connectivity index (χ1) is 15.7. The molecule has 11 heteroatoms. The van der Waals surface area contributed by atoms with Gasteiger partial charge in [0, 0.05) is 24.7 Å². The first kappa shape index (κ1) is 25.5. The van der Waals surface area contributed by atoms with E-state index in [0.717, 1.165) is 5.56 Å². The van der Waals surface area contributed by atoms with Gasteiger partial charge < -0.3 is 31.8 Å². The van der Waals surface area contributed by atoms with Gasteiger partial charge in [-0.15, -0.1) is 0 Å². The van der Waals surface area contributed by atoms with E-state index in [9.17, 15) is 24.3 Å². The van der Waals surface area contributed by atoms with Crippen molar-refractivity contribution < 1.29 is 24.3 Å². The molecule has 3 unspecified atom stereocenters. The van der Waals surface area contributed by atoms with E-state index in [2.05, 4.69) is 25.9 Å². The third-order valence-corrected chi connectivity index (χ3v) is 4.92. The van der Waals surface area contributed by atoms with Crippen molar-refractivity contribution in [3.8, 4) is 0 Å². The maximum Gasteiger partial charge on any atom is 0.326 e. The molecular weight excluding hydrogens is 428 g/mol. The van der Waals surface area contributed by atoms with Gasteiger partial charge in [0.1, 0.15) is 12.1 Å². The Bertz CT molecular complexity index is 932. The van der Waals surface area contributed by atoms with Crippen molar-refractivity contribution in [2.45, 2.75) is 44.8 Å². The average molecular weight is 459 g/mol. The number of rotatable bonds is 12. The smallest absolute Gasteiger partial charge is 0.326 e. The van der Waals surface area contributed by atoms with Gasteiger partial charge in [-0.05, 0) is 11.5 Å². The van der Waals surface area contributed by atoms with Crippen molar-refractivity contribution in [3.63, 3.8) is 0 Å². The summed E-state index contributed by atoms with van der Waals surface area (Å²) < 4.78 is 0. The highest BCUT2D eigenvalue weighted by molar-refractivity contribution is 5.92. The Kier molecular flexibility index (Phi) is 9.55. The molecule has 33 heavy (non-hydrogen) atoms. The number of nitrogens with two attached hydrogens (primary N) is 1. The predicted molar refractivity (Wildman–Crippen MR) is 120 cm³/mol. The second-order valence-corrected chi connectivity index (χ2v) is 7.98. The van der Waals surface area contributed by atoms with Gasteiger partial charge in [-0.3, -0.25) is 14.4 Å². The van der Waals surface area contributed by atoms with Gasteiger partial charge >= 0.3 is 5.97 Å². The molecule has 1 aromatic heterocycles. The molecule has 0 aliphatic heterocycles. The predicted octanol–water partition coefficient (Wildman–Crippen LogP) is -0.651. The van der Waals surface area contributed by atoms with Crippen molar-refractivity contribution in [1.29, 1.82) is 0 Å². The van der Waals surface area contributed by atoms with Crippen molar-refractivity contribution in [1.82, 2.24) is 25.9 Å². The van der Waals surface area contributed by atoms with E-state index in [0.29, 0.717) is 5.69 Å². The number of carbonyl (C=O) groups excluding carboxylic acids is 3. The van der Waals surface area contributed by atoms with Gasteiger partial charge in [0.05, 0.1) is 18.9 Å². The summed E-state index contributed by atoms with van der Waals surface area (Å²) in [6.45, 7) is 3.05. The SMILES string of the molecule is CC(C)C(NC(=O)C(N)Cc1cnc[nH]1)C(=O)NCC(=O)NC(Cc1ccccc1)C(=O)O. The normalized spacial score (nSPS) is 13.6. The number of aromatic amines is 1. The van der Waals surface area contributed by atoms with Gasteiger partial charge in [-0.1, -0.05) is 44.2 Å². The number of nitrogens with zero attached hydrogens (tertiary/aromatic N) is 1. The van der Waals surface area contributed by atoms with Gasteiger partial charge in [0.2, 0.25) is 17.7 Å². The lowest BCUT2D eigenvalue weighted by Gasteiger charge is -2.23. The molecule has 11 nitrogen and oxygen atoms in total. The first-order valence-corrected chi connectivity index (χ1v) is 10.5. The third kappa shape index (κ3) is 8.37. The summed E-state index contributed by atoms with van der Waals surface area (Å²) >= 11 is 0. The summed E-state index contributed by atoms with van der Waals surface area (Å²) in [6.07, 6.45) is 3.36. The molecule has 7 N–H and O–H groups in total. The molecule has 3 atom stereocenters. The zero-order valence-electron chi connectivity index (χ0n) is 18.6. The molecule has 0 aliphatic rings. The van der Waals surface area contributed by atoms with Crippen LogP contribution in [0.2, 0.25) is 0 Å². The lowest BCUT2D eigenvalue weighted by molar-refractivity contribution is -0.141. The number of H-pyrrole nitrogens is 1. The molecule has 3 amide bonds. The minimum Gasteiger partial charge on any atom is -0.480 e. The van der Waals surface area contributed by atoms with E-state index in [1.165, 1.54) is 6.33 Å². The largest absolute Gasteiger partial charge is 0.480 e. The van der Waals surface area contributed by atoms with Crippen LogP contribution in [0, 0.1) is 5.92 Å². The number of carboxylic acids is 1. The molecule has 1 heterocycles. The van der Waals surface area contributed by atoms with Crippen LogP contribution >= 0.6 is 0 Å². The number of carbonyl (C=O) groups is 4. The van der Waals surface area contributed by atoms with E-state index in [1.807, 2.05) is 6.07 Å². The van der Waals surface area contributed by atoms with Crippen LogP contribution in [0.25, 0.3) is 0 Å². The van der Waals surface area contributed by atoms with Crippen LogP contribution in [0.5, 0.6) is 0 Å². The van der Waals surface area contributed by atoms with E-state index in [1.54, 1.807) is 44.3 Å². The number of aliphatic carboxylic acids is 1. The monoisotopic (exact) mass is 458 g/mol. The summed E-state index contributed by atoms with van der Waals surface area (Å²) in [7, 11) is 0. The van der Waals surface area contributed by atoms with E-state index >= 15 is 0 Å². The number of carboxylic acid groups (broad SMARTS) is 1. The second-order valence-electron chi connectivity index (χ2n) is 7.98. The van der Waals surface area contributed by atoms with Crippen LogP contribution in [0.3, 0.4) is 0 Å². The molecular formula is C22H30N6O5. The summed E-state index contributed by atoms with van der Waals surface area (Å²) in [5.41, 5.74) is 7.35. The van der Waals surface area contributed by atoms with Gasteiger partial charge in [0.15, 0.2) is 0 Å². The van der Waals surface area contributed by atoms with E-state index in [4.69, 9.17) is 5.73 Å². The van der Waals surface area contributed by atoms with Crippen LogP contribution < -0.4 is 21.7 Å². The van der Waals surface area contributed by atoms with Gasteiger partial charge in [0.25, 0.3) is 0 Å². The lowest BCUT2D eigenvalue weighted by atomic mass is 10.0. The fraction of sp³-hybridized carbons (Fsp3) is 0.409. The molecule has 0 aliphatic carbocycles. The number of amides is 3. The van der Waals surface area contributed by atoms with Crippen molar-refractivity contribution in [2.75, 3.05) is 6.54 Å². The summed E-state index contributed by atoms with van der Waals surface area (Å²) in [6, 6.07) is 5.93. The lowest BCUT2D eigenvalue weighted by Crippen LogP contribution is -2.55. The summed E-state index contributed by atoms with van der Waals surface area (Å²) in [5.74, 6) is -3.20. The zero-order valence-corrected chi connectivity index (χ0v) is 18.6. The van der Waals surface area contributed by atoms with Crippen molar-refractivity contribution in [2.24, 2.45) is 11.7 Å². The molecule has 0 saturated carbocycles. The Morgan fingerprint density at radius 3 is 2.33 bits per heavy atom. The standard InChI is InChI=1S/C22H30N6O5/c1-13(2)19(28-20(30)16(23)9-15-10-24-12-26-15)21(31)25-11-18(29)27-17(22(32)33)8-14-6-4-3-5-7-14/h3-7,10,12-13,16-17,19H,8-9,11,23H2,1-2H3,(H,24,26)(H,25,31)(H,27,29)(H,28,30)(H,32,33). The third-order valence-electron chi connectivity index (χ3n) is 4.92. The average Bonchev–Trinajstić information content (AvgIpc) is 3.28. The summed E-state index contributed by atoms with van der Waals surface area (Å²) in [4.78, 5) is 55.5. The summed E-state index contributed by atoms with van der Waals surface area (Å²) in [5, 5.41) is 16.9. The minimum absolute atomic E-state index is 0.106. The Hall–Kier alpha value is -3.73. The highest BCUT2D eigenvalue weighted by Gasteiger charge is 2.27. The topological polar surface area (TPSA) is 179 Å². The van der Waals surface area contributed by atoms with Crippen LogP contribution in [-0.4, -0.2) is 63.4 Å². The maximum atomic E-state index is 12.6. The molecule has 0 spiro atoms. The highest BCUT2D eigenvalue weighted by Crippen LogP contribution is 2.05. The Balaban J connectivity index is 1.87. The number of nitrogens with one attached hydrogen (secondary N) is 4.